The van der Waals surface area contributed by atoms with Crippen molar-refractivity contribution in [3.05, 3.63) is 54.1 Å². The highest BCUT2D eigenvalue weighted by atomic mass is 32.2. The van der Waals surface area contributed by atoms with E-state index >= 15 is 0 Å². The van der Waals surface area contributed by atoms with Crippen LogP contribution in [-0.4, -0.2) is 26.6 Å². The van der Waals surface area contributed by atoms with Crippen molar-refractivity contribution in [3.63, 3.8) is 0 Å². The van der Waals surface area contributed by atoms with Gasteiger partial charge in [0.05, 0.1) is 16.3 Å². The molecular formula is C17H18N2O3S2. The van der Waals surface area contributed by atoms with Crippen molar-refractivity contribution in [1.82, 2.24) is 4.72 Å². The van der Waals surface area contributed by atoms with Gasteiger partial charge in [-0.05, 0) is 36.6 Å². The molecule has 0 spiro atoms. The maximum absolute atomic E-state index is 12.4. The van der Waals surface area contributed by atoms with Gasteiger partial charge < -0.3 is 5.32 Å². The summed E-state index contributed by atoms with van der Waals surface area (Å²) in [6, 6.07) is 14.8. The number of aryl methyl sites for hydroxylation is 1. The first kappa shape index (κ1) is 17.0. The van der Waals surface area contributed by atoms with Gasteiger partial charge in [0.15, 0.2) is 0 Å². The van der Waals surface area contributed by atoms with Crippen LogP contribution in [0.25, 0.3) is 0 Å². The third kappa shape index (κ3) is 4.17. The standard InChI is InChI=1S/C17H18N2O3S2/c20-17-12-23-16-9-8-14(11-15(16)19-17)24(21,22)18-10-4-7-13-5-2-1-3-6-13/h1-3,5-6,8-9,11,18H,4,7,10,12H2,(H,19,20). The fourth-order valence-corrected chi connectivity index (χ4v) is 4.34. The van der Waals surface area contributed by atoms with Gasteiger partial charge >= 0.3 is 0 Å². The summed E-state index contributed by atoms with van der Waals surface area (Å²) < 4.78 is 27.4. The Bertz CT molecular complexity index is 836. The van der Waals surface area contributed by atoms with Crippen LogP contribution in [0, 0.1) is 0 Å². The number of anilines is 1. The Kier molecular flexibility index (Phi) is 5.23. The largest absolute Gasteiger partial charge is 0.324 e. The molecule has 0 fully saturated rings. The van der Waals surface area contributed by atoms with Crippen molar-refractivity contribution in [1.29, 1.82) is 0 Å². The van der Waals surface area contributed by atoms with Gasteiger partial charge in [-0.25, -0.2) is 13.1 Å². The minimum Gasteiger partial charge on any atom is -0.324 e. The lowest BCUT2D eigenvalue weighted by molar-refractivity contribution is -0.113. The van der Waals surface area contributed by atoms with Gasteiger partial charge in [0.25, 0.3) is 0 Å². The van der Waals surface area contributed by atoms with Crippen LogP contribution in [0.5, 0.6) is 0 Å². The van der Waals surface area contributed by atoms with Crippen LogP contribution >= 0.6 is 11.8 Å². The van der Waals surface area contributed by atoms with Crippen molar-refractivity contribution < 1.29 is 13.2 Å². The second kappa shape index (κ2) is 7.38. The molecular weight excluding hydrogens is 344 g/mol. The zero-order valence-electron chi connectivity index (χ0n) is 13.0. The number of benzene rings is 2. The molecule has 0 atom stereocenters. The number of nitrogens with one attached hydrogen (secondary N) is 2. The van der Waals surface area contributed by atoms with Gasteiger partial charge in [-0.15, -0.1) is 11.8 Å². The predicted molar refractivity (Wildman–Crippen MR) is 95.7 cm³/mol. The fourth-order valence-electron chi connectivity index (χ4n) is 2.46. The van der Waals surface area contributed by atoms with E-state index in [1.165, 1.54) is 23.4 Å². The minimum absolute atomic E-state index is 0.113. The Hall–Kier alpha value is -1.83. The Morgan fingerprint density at radius 1 is 1.12 bits per heavy atom. The molecule has 0 bridgehead atoms. The Morgan fingerprint density at radius 2 is 1.92 bits per heavy atom. The van der Waals surface area contributed by atoms with E-state index in [0.717, 1.165) is 17.7 Å². The van der Waals surface area contributed by atoms with E-state index < -0.39 is 10.0 Å². The highest BCUT2D eigenvalue weighted by Crippen LogP contribution is 2.32. The van der Waals surface area contributed by atoms with Crippen molar-refractivity contribution in [2.45, 2.75) is 22.6 Å². The molecule has 24 heavy (non-hydrogen) atoms. The molecule has 0 aliphatic carbocycles. The van der Waals surface area contributed by atoms with E-state index in [1.54, 1.807) is 12.1 Å². The number of carbonyl (C=O) groups is 1. The summed E-state index contributed by atoms with van der Waals surface area (Å²) in [6.45, 7) is 0.370. The van der Waals surface area contributed by atoms with E-state index in [0.29, 0.717) is 18.0 Å². The van der Waals surface area contributed by atoms with E-state index in [-0.39, 0.29) is 10.8 Å². The zero-order chi connectivity index (χ0) is 17.0. The third-order valence-corrected chi connectivity index (χ3v) is 6.20. The number of sulfonamides is 1. The van der Waals surface area contributed by atoms with E-state index in [9.17, 15) is 13.2 Å². The fraction of sp³-hybridized carbons (Fsp3) is 0.235. The van der Waals surface area contributed by atoms with Crippen LogP contribution in [0.3, 0.4) is 0 Å². The summed E-state index contributed by atoms with van der Waals surface area (Å²) in [6.07, 6.45) is 1.54. The molecule has 1 aliphatic heterocycles. The molecule has 5 nitrogen and oxygen atoms in total. The molecule has 0 unspecified atom stereocenters. The average Bonchev–Trinajstić information content (AvgIpc) is 2.59. The number of thioether (sulfide) groups is 1. The molecule has 0 saturated carbocycles. The molecule has 2 N–H and O–H groups in total. The normalized spacial score (nSPS) is 14.1. The lowest BCUT2D eigenvalue weighted by atomic mass is 10.1. The van der Waals surface area contributed by atoms with Crippen LogP contribution in [-0.2, 0) is 21.2 Å². The van der Waals surface area contributed by atoms with Crippen molar-refractivity contribution in [2.24, 2.45) is 0 Å². The second-order valence-corrected chi connectivity index (χ2v) is 8.27. The Labute approximate surface area is 145 Å². The first-order valence-electron chi connectivity index (χ1n) is 7.65. The van der Waals surface area contributed by atoms with Gasteiger partial charge in [-0.1, -0.05) is 30.3 Å². The maximum Gasteiger partial charge on any atom is 0.240 e. The first-order chi connectivity index (χ1) is 11.5. The molecule has 0 radical (unpaired) electrons. The van der Waals surface area contributed by atoms with Gasteiger partial charge in [-0.2, -0.15) is 0 Å². The Balaban J connectivity index is 1.61. The molecule has 3 rings (SSSR count). The monoisotopic (exact) mass is 362 g/mol. The predicted octanol–water partition coefficient (Wildman–Crippen LogP) is 2.64. The molecule has 2 aromatic carbocycles. The molecule has 2 aromatic rings. The quantitative estimate of drug-likeness (QED) is 0.775. The van der Waals surface area contributed by atoms with Crippen LogP contribution in [0.15, 0.2) is 58.3 Å². The first-order valence-corrected chi connectivity index (χ1v) is 10.1. The number of fused-ring (bicyclic) bond motifs is 1. The SMILES string of the molecule is O=C1CSc2ccc(S(=O)(=O)NCCCc3ccccc3)cc2N1. The second-order valence-electron chi connectivity index (χ2n) is 5.48. The Morgan fingerprint density at radius 3 is 2.71 bits per heavy atom. The van der Waals surface area contributed by atoms with Gasteiger partial charge in [0.1, 0.15) is 0 Å². The summed E-state index contributed by atoms with van der Waals surface area (Å²) in [5, 5.41) is 2.71. The van der Waals surface area contributed by atoms with E-state index in [4.69, 9.17) is 0 Å². The van der Waals surface area contributed by atoms with Gasteiger partial charge in [0.2, 0.25) is 15.9 Å². The topological polar surface area (TPSA) is 75.3 Å². The van der Waals surface area contributed by atoms with Crippen LogP contribution in [0.4, 0.5) is 5.69 Å². The van der Waals surface area contributed by atoms with Gasteiger partial charge in [-0.3, -0.25) is 4.79 Å². The van der Waals surface area contributed by atoms with Crippen molar-refractivity contribution in [3.8, 4) is 0 Å². The number of carbonyl (C=O) groups excluding carboxylic acids is 1. The molecule has 1 aliphatic rings. The number of hydrogen-bond donors (Lipinski definition) is 2. The smallest absolute Gasteiger partial charge is 0.240 e. The summed E-state index contributed by atoms with van der Waals surface area (Å²) in [5.41, 5.74) is 1.74. The third-order valence-electron chi connectivity index (χ3n) is 3.67. The minimum atomic E-state index is -3.58. The summed E-state index contributed by atoms with van der Waals surface area (Å²) in [4.78, 5) is 12.5. The summed E-state index contributed by atoms with van der Waals surface area (Å²) in [7, 11) is -3.58. The summed E-state index contributed by atoms with van der Waals surface area (Å²) >= 11 is 1.41. The van der Waals surface area contributed by atoms with E-state index in [1.807, 2.05) is 30.3 Å². The van der Waals surface area contributed by atoms with E-state index in [2.05, 4.69) is 10.0 Å². The molecule has 1 heterocycles. The highest BCUT2D eigenvalue weighted by Gasteiger charge is 2.20. The van der Waals surface area contributed by atoms with Crippen LogP contribution in [0.1, 0.15) is 12.0 Å². The highest BCUT2D eigenvalue weighted by molar-refractivity contribution is 8.00. The molecule has 0 saturated heterocycles. The average molecular weight is 362 g/mol. The van der Waals surface area contributed by atoms with Crippen molar-refractivity contribution >= 4 is 33.4 Å². The lowest BCUT2D eigenvalue weighted by Gasteiger charge is -2.17. The van der Waals surface area contributed by atoms with Crippen LogP contribution < -0.4 is 10.0 Å². The number of amides is 1. The maximum atomic E-state index is 12.4. The molecule has 0 aromatic heterocycles. The number of rotatable bonds is 6. The van der Waals surface area contributed by atoms with Crippen LogP contribution in [0.2, 0.25) is 0 Å². The molecule has 7 heteroatoms. The van der Waals surface area contributed by atoms with Crippen molar-refractivity contribution in [2.75, 3.05) is 17.6 Å². The molecule has 1 amide bonds. The number of hydrogen-bond acceptors (Lipinski definition) is 4. The summed E-state index contributed by atoms with van der Waals surface area (Å²) in [5.74, 6) is 0.245. The lowest BCUT2D eigenvalue weighted by Crippen LogP contribution is -2.26. The van der Waals surface area contributed by atoms with Gasteiger partial charge in [0, 0.05) is 11.4 Å². The molecule has 126 valence electrons. The zero-order valence-corrected chi connectivity index (χ0v) is 14.6.